The maximum atomic E-state index is 5.03. The fraction of sp³-hybridized carbons (Fsp3) is 0.0588. The summed E-state index contributed by atoms with van der Waals surface area (Å²) in [4.78, 5) is 9.63. The molecule has 2 atom stereocenters. The number of hydrogen-bond acceptors (Lipinski definition) is 2. The molecular formula is C34H22N2. The summed E-state index contributed by atoms with van der Waals surface area (Å²) in [6.07, 6.45) is 22.4. The molecular weight excluding hydrogens is 436 g/mol. The molecule has 4 aliphatic rings. The van der Waals surface area contributed by atoms with Gasteiger partial charge in [0.15, 0.2) is 0 Å². The summed E-state index contributed by atoms with van der Waals surface area (Å²) in [6.45, 7) is 0. The summed E-state index contributed by atoms with van der Waals surface area (Å²) in [6, 6.07) is 21.4. The molecule has 36 heavy (non-hydrogen) atoms. The van der Waals surface area contributed by atoms with E-state index in [1.54, 1.807) is 0 Å². The second-order valence-corrected chi connectivity index (χ2v) is 9.84. The quantitative estimate of drug-likeness (QED) is 0.285. The highest BCUT2D eigenvalue weighted by molar-refractivity contribution is 6.03. The van der Waals surface area contributed by atoms with Crippen LogP contribution in [0.3, 0.4) is 0 Å². The topological polar surface area (TPSA) is 25.8 Å². The van der Waals surface area contributed by atoms with Crippen LogP contribution in [0.15, 0.2) is 144 Å². The van der Waals surface area contributed by atoms with E-state index in [9.17, 15) is 0 Å². The van der Waals surface area contributed by atoms with Crippen molar-refractivity contribution in [2.24, 2.45) is 11.8 Å². The van der Waals surface area contributed by atoms with Crippen molar-refractivity contribution in [2.75, 3.05) is 0 Å². The Morgan fingerprint density at radius 3 is 2.17 bits per heavy atom. The molecule has 0 saturated carbocycles. The van der Waals surface area contributed by atoms with E-state index in [4.69, 9.17) is 4.98 Å². The monoisotopic (exact) mass is 458 g/mol. The second kappa shape index (κ2) is 7.47. The molecule has 0 radical (unpaired) electrons. The first kappa shape index (κ1) is 19.7. The standard InChI is InChI=1S/C34H22N2/c1-3-23-10-11-25-14-17-28(29-18-15-24(4-1)31(23)32(25)29)21-6-8-22(9-7-21)30-19-16-27-13-12-26-5-2-20-35-33(26)34(27)36-30/h1-20,31-32H. The van der Waals surface area contributed by atoms with Gasteiger partial charge >= 0.3 is 0 Å². The normalized spacial score (nSPS) is 21.4. The van der Waals surface area contributed by atoms with Crippen LogP contribution in [0.2, 0.25) is 0 Å². The van der Waals surface area contributed by atoms with Crippen molar-refractivity contribution < 1.29 is 0 Å². The molecule has 2 heteroatoms. The third-order valence-electron chi connectivity index (χ3n) is 7.92. The number of hydrogen-bond donors (Lipinski definition) is 0. The van der Waals surface area contributed by atoms with Crippen LogP contribution in [0, 0.1) is 11.8 Å². The van der Waals surface area contributed by atoms with Crippen molar-refractivity contribution in [2.45, 2.75) is 0 Å². The van der Waals surface area contributed by atoms with Crippen molar-refractivity contribution in [3.63, 3.8) is 0 Å². The van der Waals surface area contributed by atoms with Gasteiger partial charge in [0.1, 0.15) is 0 Å². The van der Waals surface area contributed by atoms with E-state index in [1.165, 1.54) is 33.4 Å². The molecule has 0 amide bonds. The lowest BCUT2D eigenvalue weighted by Crippen LogP contribution is -2.29. The Labute approximate surface area is 209 Å². The molecule has 0 bridgehead atoms. The molecule has 168 valence electrons. The van der Waals surface area contributed by atoms with Crippen LogP contribution in [0.4, 0.5) is 0 Å². The number of rotatable bonds is 2. The second-order valence-electron chi connectivity index (χ2n) is 9.84. The van der Waals surface area contributed by atoms with E-state index in [-0.39, 0.29) is 0 Å². The van der Waals surface area contributed by atoms with E-state index in [2.05, 4.69) is 114 Å². The highest BCUT2D eigenvalue weighted by atomic mass is 14.7. The van der Waals surface area contributed by atoms with Gasteiger partial charge in [0.25, 0.3) is 0 Å². The van der Waals surface area contributed by atoms with Gasteiger partial charge in [0.2, 0.25) is 0 Å². The fourth-order valence-electron chi connectivity index (χ4n) is 6.17. The van der Waals surface area contributed by atoms with Gasteiger partial charge < -0.3 is 0 Å². The first-order chi connectivity index (χ1) is 17.8. The van der Waals surface area contributed by atoms with Crippen molar-refractivity contribution >= 4 is 27.4 Å². The number of fused-ring (bicyclic) bond motifs is 3. The van der Waals surface area contributed by atoms with Gasteiger partial charge in [-0.2, -0.15) is 0 Å². The molecule has 2 nitrogen and oxygen atoms in total. The summed E-state index contributed by atoms with van der Waals surface area (Å²) in [5, 5.41) is 2.23. The van der Waals surface area contributed by atoms with Crippen LogP contribution in [0.25, 0.3) is 38.6 Å². The van der Waals surface area contributed by atoms with E-state index in [0.29, 0.717) is 11.8 Å². The Morgan fingerprint density at radius 2 is 1.28 bits per heavy atom. The lowest BCUT2D eigenvalue weighted by atomic mass is 9.62. The summed E-state index contributed by atoms with van der Waals surface area (Å²) in [5.74, 6) is 0.827. The zero-order valence-electron chi connectivity index (χ0n) is 19.6. The van der Waals surface area contributed by atoms with Crippen LogP contribution in [0.1, 0.15) is 5.56 Å². The molecule has 8 rings (SSSR count). The molecule has 0 N–H and O–H groups in total. The Bertz CT molecular complexity index is 1820. The van der Waals surface area contributed by atoms with Gasteiger partial charge in [-0.05, 0) is 45.6 Å². The molecule has 0 spiro atoms. The molecule has 0 aliphatic heterocycles. The molecule has 2 unspecified atom stereocenters. The van der Waals surface area contributed by atoms with Crippen LogP contribution in [0.5, 0.6) is 0 Å². The highest BCUT2D eigenvalue weighted by Crippen LogP contribution is 2.51. The van der Waals surface area contributed by atoms with Crippen molar-refractivity contribution in [1.82, 2.24) is 9.97 Å². The number of nitrogens with zero attached hydrogens (tertiary/aromatic N) is 2. The van der Waals surface area contributed by atoms with Crippen LogP contribution >= 0.6 is 0 Å². The number of pyridine rings is 2. The average molecular weight is 459 g/mol. The lowest BCUT2D eigenvalue weighted by molar-refractivity contribution is 0.567. The SMILES string of the molecule is C1=CC2=CC=C3C(c4ccc(-c5ccc6ccc7cccnc7c6n5)cc4)=CC=C4C=CC(=C1)C2C43. The van der Waals surface area contributed by atoms with E-state index in [0.717, 1.165) is 33.1 Å². The highest BCUT2D eigenvalue weighted by Gasteiger charge is 2.38. The van der Waals surface area contributed by atoms with Gasteiger partial charge in [0, 0.05) is 34.4 Å². The van der Waals surface area contributed by atoms with Crippen molar-refractivity contribution in [3.8, 4) is 11.3 Å². The molecule has 0 saturated heterocycles. The van der Waals surface area contributed by atoms with Crippen molar-refractivity contribution in [3.05, 3.63) is 149 Å². The zero-order valence-corrected chi connectivity index (χ0v) is 19.6. The van der Waals surface area contributed by atoms with Crippen molar-refractivity contribution in [1.29, 1.82) is 0 Å². The third kappa shape index (κ3) is 2.85. The maximum absolute atomic E-state index is 5.03. The van der Waals surface area contributed by atoms with Crippen LogP contribution < -0.4 is 0 Å². The average Bonchev–Trinajstić information content (AvgIpc) is 2.95. The Balaban J connectivity index is 1.19. The minimum absolute atomic E-state index is 0.397. The Morgan fingerprint density at radius 1 is 0.556 bits per heavy atom. The molecule has 0 fully saturated rings. The number of allylic oxidation sites excluding steroid dienone is 14. The minimum Gasteiger partial charge on any atom is -0.254 e. The van der Waals surface area contributed by atoms with Gasteiger partial charge in [-0.1, -0.05) is 103 Å². The van der Waals surface area contributed by atoms with Crippen LogP contribution in [-0.4, -0.2) is 9.97 Å². The third-order valence-corrected chi connectivity index (χ3v) is 7.92. The van der Waals surface area contributed by atoms with Crippen LogP contribution in [-0.2, 0) is 0 Å². The van der Waals surface area contributed by atoms with Gasteiger partial charge in [-0.15, -0.1) is 0 Å². The van der Waals surface area contributed by atoms with Gasteiger partial charge in [-0.25, -0.2) is 4.98 Å². The minimum atomic E-state index is 0.397. The first-order valence-electron chi connectivity index (χ1n) is 12.5. The van der Waals surface area contributed by atoms with E-state index in [1.807, 2.05) is 12.3 Å². The predicted octanol–water partition coefficient (Wildman–Crippen LogP) is 7.94. The molecule has 2 heterocycles. The smallest absolute Gasteiger partial charge is 0.0972 e. The predicted molar refractivity (Wildman–Crippen MR) is 148 cm³/mol. The molecule has 4 aromatic rings. The fourth-order valence-corrected chi connectivity index (χ4v) is 6.17. The van der Waals surface area contributed by atoms with Gasteiger partial charge in [0.05, 0.1) is 16.7 Å². The Hall–Kier alpha value is -4.56. The van der Waals surface area contributed by atoms with Gasteiger partial charge in [-0.3, -0.25) is 4.98 Å². The molecule has 2 aromatic heterocycles. The Kier molecular flexibility index (Phi) is 4.09. The van der Waals surface area contributed by atoms with E-state index >= 15 is 0 Å². The number of benzene rings is 2. The lowest BCUT2D eigenvalue weighted by Gasteiger charge is -2.41. The summed E-state index contributed by atoms with van der Waals surface area (Å²) >= 11 is 0. The summed E-state index contributed by atoms with van der Waals surface area (Å²) in [7, 11) is 0. The summed E-state index contributed by atoms with van der Waals surface area (Å²) < 4.78 is 0. The number of aromatic nitrogens is 2. The maximum Gasteiger partial charge on any atom is 0.0972 e. The molecule has 4 aliphatic carbocycles. The largest absolute Gasteiger partial charge is 0.254 e. The zero-order chi connectivity index (χ0) is 23.6. The molecule has 2 aromatic carbocycles. The summed E-state index contributed by atoms with van der Waals surface area (Å²) in [5.41, 5.74) is 12.2. The van der Waals surface area contributed by atoms with E-state index < -0.39 is 0 Å². The first-order valence-corrected chi connectivity index (χ1v) is 12.5.